The van der Waals surface area contributed by atoms with Crippen LogP contribution in [0.4, 0.5) is 0 Å². The Bertz CT molecular complexity index is 400. The summed E-state index contributed by atoms with van der Waals surface area (Å²) < 4.78 is 5.92. The molecule has 0 saturated heterocycles. The van der Waals surface area contributed by atoms with E-state index in [0.717, 1.165) is 0 Å². The predicted octanol–water partition coefficient (Wildman–Crippen LogP) is 3.54. The molecular formula is C10H12BrCl2NO2S. The van der Waals surface area contributed by atoms with Crippen LogP contribution in [-0.4, -0.2) is 42.9 Å². The van der Waals surface area contributed by atoms with E-state index in [1.54, 1.807) is 25.1 Å². The molecule has 17 heavy (non-hydrogen) atoms. The molecule has 1 heterocycles. The average Bonchev–Trinajstić information content (AvgIpc) is 2.56. The molecule has 1 atom stereocenters. The first-order valence-corrected chi connectivity index (χ1v) is 7.27. The van der Waals surface area contributed by atoms with Gasteiger partial charge in [-0.3, -0.25) is 4.79 Å². The second-order valence-corrected chi connectivity index (χ2v) is 7.06. The van der Waals surface area contributed by atoms with Crippen molar-refractivity contribution in [3.05, 3.63) is 20.3 Å². The van der Waals surface area contributed by atoms with Gasteiger partial charge in [0.2, 0.25) is 0 Å². The minimum absolute atomic E-state index is 0.0920. The van der Waals surface area contributed by atoms with Gasteiger partial charge in [-0.05, 0) is 6.07 Å². The van der Waals surface area contributed by atoms with Gasteiger partial charge in [-0.2, -0.15) is 0 Å². The monoisotopic (exact) mass is 359 g/mol. The van der Waals surface area contributed by atoms with Gasteiger partial charge in [-0.15, -0.1) is 11.3 Å². The standard InChI is InChI=1S/C10H12BrCl2NO2S/c1-14(4-6(11)5-16-2)10(15)7-3-8(12)17-9(7)13/h3,6H,4-5H2,1-2H3. The van der Waals surface area contributed by atoms with E-state index in [4.69, 9.17) is 27.9 Å². The molecule has 1 rings (SSSR count). The molecule has 0 spiro atoms. The van der Waals surface area contributed by atoms with Gasteiger partial charge in [0.15, 0.2) is 0 Å². The van der Waals surface area contributed by atoms with Crippen LogP contribution < -0.4 is 0 Å². The van der Waals surface area contributed by atoms with Crippen molar-refractivity contribution < 1.29 is 9.53 Å². The van der Waals surface area contributed by atoms with E-state index in [2.05, 4.69) is 15.9 Å². The first-order valence-electron chi connectivity index (χ1n) is 4.79. The van der Waals surface area contributed by atoms with Crippen LogP contribution in [-0.2, 0) is 4.74 Å². The summed E-state index contributed by atoms with van der Waals surface area (Å²) in [4.78, 5) is 13.7. The average molecular weight is 361 g/mol. The fourth-order valence-electron chi connectivity index (χ4n) is 1.31. The first-order chi connectivity index (χ1) is 7.95. The van der Waals surface area contributed by atoms with Crippen molar-refractivity contribution in [1.29, 1.82) is 0 Å². The highest BCUT2D eigenvalue weighted by molar-refractivity contribution is 9.09. The molecule has 0 aliphatic carbocycles. The Kier molecular flexibility index (Phi) is 6.23. The summed E-state index contributed by atoms with van der Waals surface area (Å²) in [7, 11) is 3.33. The van der Waals surface area contributed by atoms with Crippen LogP contribution in [0.5, 0.6) is 0 Å². The molecule has 0 N–H and O–H groups in total. The Morgan fingerprint density at radius 1 is 1.65 bits per heavy atom. The Morgan fingerprint density at radius 2 is 2.29 bits per heavy atom. The predicted molar refractivity (Wildman–Crippen MR) is 75.9 cm³/mol. The van der Waals surface area contributed by atoms with Gasteiger partial charge < -0.3 is 9.64 Å². The molecule has 0 fully saturated rings. The largest absolute Gasteiger partial charge is 0.383 e. The third-order valence-electron chi connectivity index (χ3n) is 2.05. The lowest BCUT2D eigenvalue weighted by molar-refractivity contribution is 0.0785. The lowest BCUT2D eigenvalue weighted by atomic mass is 10.3. The fourth-order valence-corrected chi connectivity index (χ4v) is 3.45. The Labute approximate surface area is 123 Å². The highest BCUT2D eigenvalue weighted by atomic mass is 79.9. The summed E-state index contributed by atoms with van der Waals surface area (Å²) in [6, 6.07) is 1.59. The smallest absolute Gasteiger partial charge is 0.256 e. The van der Waals surface area contributed by atoms with E-state index >= 15 is 0 Å². The zero-order chi connectivity index (χ0) is 13.0. The molecule has 0 aliphatic rings. The maximum absolute atomic E-state index is 12.0. The summed E-state index contributed by atoms with van der Waals surface area (Å²) in [6.07, 6.45) is 0. The van der Waals surface area contributed by atoms with Gasteiger partial charge in [0.05, 0.1) is 21.3 Å². The van der Waals surface area contributed by atoms with E-state index in [1.165, 1.54) is 11.3 Å². The quantitative estimate of drug-likeness (QED) is 0.751. The molecule has 0 saturated carbocycles. The number of carbonyl (C=O) groups excluding carboxylic acids is 1. The van der Waals surface area contributed by atoms with Gasteiger partial charge in [0.1, 0.15) is 4.34 Å². The van der Waals surface area contributed by atoms with Crippen molar-refractivity contribution in [2.24, 2.45) is 0 Å². The zero-order valence-corrected chi connectivity index (χ0v) is 13.3. The molecule has 1 amide bonds. The van der Waals surface area contributed by atoms with Crippen molar-refractivity contribution in [2.45, 2.75) is 4.83 Å². The van der Waals surface area contributed by atoms with E-state index in [-0.39, 0.29) is 10.7 Å². The number of methoxy groups -OCH3 is 1. The number of amides is 1. The number of ether oxygens (including phenoxy) is 1. The summed E-state index contributed by atoms with van der Waals surface area (Å²) >= 11 is 16.4. The van der Waals surface area contributed by atoms with E-state index in [1.807, 2.05) is 0 Å². The third-order valence-corrected chi connectivity index (χ3v) is 4.09. The molecule has 7 heteroatoms. The van der Waals surface area contributed by atoms with Gasteiger partial charge in [0.25, 0.3) is 5.91 Å². The topological polar surface area (TPSA) is 29.5 Å². The Hall–Kier alpha value is 0.190. The molecule has 1 unspecified atom stereocenters. The number of hydrogen-bond acceptors (Lipinski definition) is 3. The molecule has 1 aromatic heterocycles. The van der Waals surface area contributed by atoms with Crippen molar-refractivity contribution in [3.63, 3.8) is 0 Å². The van der Waals surface area contributed by atoms with Gasteiger partial charge in [-0.25, -0.2) is 0 Å². The number of alkyl halides is 1. The SMILES string of the molecule is COCC(Br)CN(C)C(=O)c1cc(Cl)sc1Cl. The Balaban J connectivity index is 2.66. The van der Waals surface area contributed by atoms with E-state index in [9.17, 15) is 4.79 Å². The fraction of sp³-hybridized carbons (Fsp3) is 0.500. The van der Waals surface area contributed by atoms with Crippen molar-refractivity contribution in [2.75, 3.05) is 27.3 Å². The molecular weight excluding hydrogens is 349 g/mol. The number of halogens is 3. The number of hydrogen-bond donors (Lipinski definition) is 0. The maximum Gasteiger partial charge on any atom is 0.256 e. The molecule has 0 radical (unpaired) electrons. The highest BCUT2D eigenvalue weighted by Gasteiger charge is 2.19. The van der Waals surface area contributed by atoms with Crippen LogP contribution in [0.1, 0.15) is 10.4 Å². The van der Waals surface area contributed by atoms with Crippen LogP contribution in [0.15, 0.2) is 6.07 Å². The first kappa shape index (κ1) is 15.2. The van der Waals surface area contributed by atoms with Crippen molar-refractivity contribution in [3.8, 4) is 0 Å². The summed E-state index contributed by atoms with van der Waals surface area (Å²) in [5, 5.41) is 0. The van der Waals surface area contributed by atoms with Crippen LogP contribution in [0.2, 0.25) is 8.67 Å². The number of thiophene rings is 1. The molecule has 0 bridgehead atoms. The van der Waals surface area contributed by atoms with Gasteiger partial charge >= 0.3 is 0 Å². The minimum atomic E-state index is -0.140. The number of rotatable bonds is 5. The van der Waals surface area contributed by atoms with E-state index in [0.29, 0.717) is 27.4 Å². The van der Waals surface area contributed by atoms with Gasteiger partial charge in [0, 0.05) is 20.7 Å². The highest BCUT2D eigenvalue weighted by Crippen LogP contribution is 2.31. The second-order valence-electron chi connectivity index (χ2n) is 3.48. The summed E-state index contributed by atoms with van der Waals surface area (Å²) in [6.45, 7) is 1.08. The molecule has 1 aromatic rings. The normalized spacial score (nSPS) is 12.5. The van der Waals surface area contributed by atoms with Crippen LogP contribution in [0.25, 0.3) is 0 Å². The second kappa shape index (κ2) is 6.95. The van der Waals surface area contributed by atoms with E-state index < -0.39 is 0 Å². The lowest BCUT2D eigenvalue weighted by Crippen LogP contribution is -2.33. The Morgan fingerprint density at radius 3 is 2.76 bits per heavy atom. The number of carbonyl (C=O) groups is 1. The minimum Gasteiger partial charge on any atom is -0.383 e. The van der Waals surface area contributed by atoms with Gasteiger partial charge in [-0.1, -0.05) is 39.1 Å². The number of nitrogens with zero attached hydrogens (tertiary/aromatic N) is 1. The summed E-state index contributed by atoms with van der Waals surface area (Å²) in [5.74, 6) is -0.140. The summed E-state index contributed by atoms with van der Waals surface area (Å²) in [5.41, 5.74) is 0.446. The molecule has 96 valence electrons. The molecule has 0 aromatic carbocycles. The molecule has 3 nitrogen and oxygen atoms in total. The molecule has 0 aliphatic heterocycles. The van der Waals surface area contributed by atoms with Crippen LogP contribution in [0.3, 0.4) is 0 Å². The van der Waals surface area contributed by atoms with Crippen molar-refractivity contribution >= 4 is 56.4 Å². The third kappa shape index (κ3) is 4.41. The van der Waals surface area contributed by atoms with Crippen LogP contribution >= 0.6 is 50.5 Å². The lowest BCUT2D eigenvalue weighted by Gasteiger charge is -2.19. The van der Waals surface area contributed by atoms with Crippen LogP contribution in [0, 0.1) is 0 Å². The van der Waals surface area contributed by atoms with Crippen molar-refractivity contribution in [1.82, 2.24) is 4.90 Å². The maximum atomic E-state index is 12.0. The zero-order valence-electron chi connectivity index (χ0n) is 9.37.